The van der Waals surface area contributed by atoms with Crippen LogP contribution < -0.4 is 5.32 Å². The molecule has 0 atom stereocenters. The quantitative estimate of drug-likeness (QED) is 0.651. The highest BCUT2D eigenvalue weighted by Gasteiger charge is 2.07. The first kappa shape index (κ1) is 14.3. The maximum Gasteiger partial charge on any atom is 0.0705 e. The molecule has 0 spiro atoms. The van der Waals surface area contributed by atoms with Crippen LogP contribution in [0.2, 0.25) is 5.02 Å². The van der Waals surface area contributed by atoms with E-state index in [1.807, 2.05) is 24.3 Å². The zero-order chi connectivity index (χ0) is 13.5. The maximum absolute atomic E-state index is 8.56. The Bertz CT molecular complexity index is 513. The van der Waals surface area contributed by atoms with Gasteiger partial charge in [-0.1, -0.05) is 29.8 Å². The van der Waals surface area contributed by atoms with E-state index in [2.05, 4.69) is 10.3 Å². The average molecular weight is 283 g/mol. The summed E-state index contributed by atoms with van der Waals surface area (Å²) in [6.07, 6.45) is 0.915. The molecule has 1 heterocycles. The van der Waals surface area contributed by atoms with Crippen molar-refractivity contribution in [2.75, 3.05) is 26.4 Å². The third-order valence-electron chi connectivity index (χ3n) is 2.89. The van der Waals surface area contributed by atoms with Crippen LogP contribution in [0.4, 0.5) is 0 Å². The molecular weight excluding hydrogens is 264 g/mol. The lowest BCUT2D eigenvalue weighted by atomic mass is 10.2. The van der Waals surface area contributed by atoms with Crippen LogP contribution in [0.1, 0.15) is 12.1 Å². The Morgan fingerprint density at radius 2 is 2.11 bits per heavy atom. The zero-order valence-electron chi connectivity index (χ0n) is 10.8. The van der Waals surface area contributed by atoms with Crippen molar-refractivity contribution in [3.05, 3.63) is 35.0 Å². The van der Waals surface area contributed by atoms with Crippen molar-refractivity contribution in [2.45, 2.75) is 13.0 Å². The number of aromatic nitrogens is 1. The van der Waals surface area contributed by atoms with Crippen molar-refractivity contribution in [3.8, 4) is 0 Å². The van der Waals surface area contributed by atoms with Crippen molar-refractivity contribution in [1.29, 1.82) is 0 Å². The van der Waals surface area contributed by atoms with E-state index in [0.29, 0.717) is 19.8 Å². The first-order chi connectivity index (χ1) is 9.33. The van der Waals surface area contributed by atoms with Gasteiger partial charge in [0, 0.05) is 29.7 Å². The van der Waals surface area contributed by atoms with Crippen molar-refractivity contribution in [1.82, 2.24) is 10.3 Å². The number of ether oxygens (including phenoxy) is 1. The molecular formula is C14H19ClN2O2. The Kier molecular flexibility index (Phi) is 5.66. The molecule has 1 aromatic heterocycles. The van der Waals surface area contributed by atoms with Crippen molar-refractivity contribution in [2.24, 2.45) is 0 Å². The van der Waals surface area contributed by atoms with Gasteiger partial charge in [0.05, 0.1) is 18.2 Å². The standard InChI is InChI=1S/C14H19ClN2O2/c15-14-11-4-1-2-5-12(11)17-13(14)10-16-6-3-8-19-9-7-18/h1-2,4-5,16-18H,3,6-10H2. The number of para-hydroxylation sites is 1. The molecule has 2 aromatic rings. The number of hydrogen-bond acceptors (Lipinski definition) is 3. The summed E-state index contributed by atoms with van der Waals surface area (Å²) in [5.74, 6) is 0. The number of benzene rings is 1. The number of hydrogen-bond donors (Lipinski definition) is 3. The summed E-state index contributed by atoms with van der Waals surface area (Å²) in [6.45, 7) is 2.73. The lowest BCUT2D eigenvalue weighted by molar-refractivity contribution is 0.0907. The van der Waals surface area contributed by atoms with Crippen LogP contribution in [-0.4, -0.2) is 36.5 Å². The lowest BCUT2D eigenvalue weighted by Gasteiger charge is -2.04. The molecule has 0 fully saturated rings. The Labute approximate surface area is 117 Å². The highest BCUT2D eigenvalue weighted by Crippen LogP contribution is 2.26. The predicted octanol–water partition coefficient (Wildman–Crippen LogP) is 2.31. The Morgan fingerprint density at radius 1 is 1.26 bits per heavy atom. The molecule has 0 bridgehead atoms. The Balaban J connectivity index is 1.77. The number of aromatic amines is 1. The van der Waals surface area contributed by atoms with E-state index >= 15 is 0 Å². The van der Waals surface area contributed by atoms with Crippen molar-refractivity contribution in [3.63, 3.8) is 0 Å². The van der Waals surface area contributed by atoms with Gasteiger partial charge >= 0.3 is 0 Å². The Morgan fingerprint density at radius 3 is 2.89 bits per heavy atom. The minimum atomic E-state index is 0.0814. The molecule has 0 aliphatic rings. The third kappa shape index (κ3) is 3.94. The summed E-state index contributed by atoms with van der Waals surface area (Å²) >= 11 is 6.31. The maximum atomic E-state index is 8.56. The second-order valence-corrected chi connectivity index (χ2v) is 4.71. The fourth-order valence-electron chi connectivity index (χ4n) is 1.96. The van der Waals surface area contributed by atoms with E-state index in [-0.39, 0.29) is 6.61 Å². The second-order valence-electron chi connectivity index (χ2n) is 4.33. The number of nitrogens with one attached hydrogen (secondary N) is 2. The monoisotopic (exact) mass is 282 g/mol. The highest BCUT2D eigenvalue weighted by molar-refractivity contribution is 6.36. The van der Waals surface area contributed by atoms with Crippen LogP contribution in [0.15, 0.2) is 24.3 Å². The molecule has 5 heteroatoms. The van der Waals surface area contributed by atoms with E-state index in [1.165, 1.54) is 0 Å². The Hall–Kier alpha value is -1.07. The molecule has 0 amide bonds. The van der Waals surface area contributed by atoms with Gasteiger partial charge < -0.3 is 20.1 Å². The second kappa shape index (κ2) is 7.50. The van der Waals surface area contributed by atoms with Gasteiger partial charge in [0.1, 0.15) is 0 Å². The summed E-state index contributed by atoms with van der Waals surface area (Å²) in [7, 11) is 0. The molecule has 1 aromatic carbocycles. The van der Waals surface area contributed by atoms with E-state index in [0.717, 1.165) is 34.6 Å². The predicted molar refractivity (Wildman–Crippen MR) is 77.5 cm³/mol. The van der Waals surface area contributed by atoms with Gasteiger partial charge in [0.2, 0.25) is 0 Å². The number of halogens is 1. The van der Waals surface area contributed by atoms with E-state index < -0.39 is 0 Å². The van der Waals surface area contributed by atoms with Gasteiger partial charge in [0.15, 0.2) is 0 Å². The van der Waals surface area contributed by atoms with Crippen LogP contribution in [0.3, 0.4) is 0 Å². The molecule has 104 valence electrons. The first-order valence-corrected chi connectivity index (χ1v) is 6.85. The molecule has 4 nitrogen and oxygen atoms in total. The number of fused-ring (bicyclic) bond motifs is 1. The summed E-state index contributed by atoms with van der Waals surface area (Å²) in [4.78, 5) is 3.32. The van der Waals surface area contributed by atoms with Gasteiger partial charge in [-0.25, -0.2) is 0 Å². The normalized spacial score (nSPS) is 11.3. The largest absolute Gasteiger partial charge is 0.394 e. The molecule has 2 rings (SSSR count). The lowest BCUT2D eigenvalue weighted by Crippen LogP contribution is -2.17. The molecule has 0 aliphatic heterocycles. The van der Waals surface area contributed by atoms with Crippen LogP contribution in [0, 0.1) is 0 Å². The summed E-state index contributed by atoms with van der Waals surface area (Å²) < 4.78 is 5.18. The minimum absolute atomic E-state index is 0.0814. The van der Waals surface area contributed by atoms with Crippen LogP contribution in [-0.2, 0) is 11.3 Å². The topological polar surface area (TPSA) is 57.3 Å². The van der Waals surface area contributed by atoms with Gasteiger partial charge in [-0.2, -0.15) is 0 Å². The van der Waals surface area contributed by atoms with E-state index in [1.54, 1.807) is 0 Å². The van der Waals surface area contributed by atoms with Crippen molar-refractivity contribution >= 4 is 22.5 Å². The molecule has 0 saturated heterocycles. The van der Waals surface area contributed by atoms with Crippen LogP contribution in [0.25, 0.3) is 10.9 Å². The third-order valence-corrected chi connectivity index (χ3v) is 3.33. The van der Waals surface area contributed by atoms with E-state index in [9.17, 15) is 0 Å². The summed E-state index contributed by atoms with van der Waals surface area (Å²) in [5, 5.41) is 13.7. The number of aliphatic hydroxyl groups excluding tert-OH is 1. The first-order valence-electron chi connectivity index (χ1n) is 6.47. The molecule has 19 heavy (non-hydrogen) atoms. The molecule has 0 radical (unpaired) electrons. The number of rotatable bonds is 8. The zero-order valence-corrected chi connectivity index (χ0v) is 11.5. The van der Waals surface area contributed by atoms with Gasteiger partial charge in [-0.3, -0.25) is 0 Å². The van der Waals surface area contributed by atoms with Crippen LogP contribution in [0.5, 0.6) is 0 Å². The molecule has 0 unspecified atom stereocenters. The minimum Gasteiger partial charge on any atom is -0.394 e. The van der Waals surface area contributed by atoms with Crippen molar-refractivity contribution < 1.29 is 9.84 Å². The average Bonchev–Trinajstić information content (AvgIpc) is 2.75. The number of H-pyrrole nitrogens is 1. The van der Waals surface area contributed by atoms with E-state index in [4.69, 9.17) is 21.4 Å². The van der Waals surface area contributed by atoms with Gasteiger partial charge in [-0.05, 0) is 19.0 Å². The summed E-state index contributed by atoms with van der Waals surface area (Å²) in [5.41, 5.74) is 2.08. The van der Waals surface area contributed by atoms with Gasteiger partial charge in [-0.15, -0.1) is 0 Å². The molecule has 3 N–H and O–H groups in total. The smallest absolute Gasteiger partial charge is 0.0705 e. The molecule has 0 aliphatic carbocycles. The summed E-state index contributed by atoms with van der Waals surface area (Å²) in [6, 6.07) is 8.01. The number of aliphatic hydroxyl groups is 1. The highest BCUT2D eigenvalue weighted by atomic mass is 35.5. The fourth-order valence-corrected chi connectivity index (χ4v) is 2.24. The molecule has 0 saturated carbocycles. The van der Waals surface area contributed by atoms with Crippen LogP contribution >= 0.6 is 11.6 Å². The fraction of sp³-hybridized carbons (Fsp3) is 0.429. The van der Waals surface area contributed by atoms with Gasteiger partial charge in [0.25, 0.3) is 0 Å². The SMILES string of the molecule is OCCOCCCNCc1[nH]c2ccccc2c1Cl.